The fraction of sp³-hybridized carbons (Fsp3) is 0.321. The maximum atomic E-state index is 13.8. The zero-order chi connectivity index (χ0) is 25.8. The molecule has 8 heteroatoms. The second-order valence-electron chi connectivity index (χ2n) is 9.05. The molecule has 0 unspecified atom stereocenters. The van der Waals surface area contributed by atoms with Crippen LogP contribution in [0.4, 0.5) is 0 Å². The van der Waals surface area contributed by atoms with Gasteiger partial charge in [-0.05, 0) is 57.0 Å². The summed E-state index contributed by atoms with van der Waals surface area (Å²) in [5.41, 5.74) is 10.1. The molecule has 0 saturated heterocycles. The molecule has 4 rings (SSSR count). The van der Waals surface area contributed by atoms with Crippen molar-refractivity contribution < 1.29 is 4.79 Å². The number of hydrogen-bond donors (Lipinski definition) is 1. The lowest BCUT2D eigenvalue weighted by Crippen LogP contribution is -2.40. The van der Waals surface area contributed by atoms with Crippen LogP contribution in [0.25, 0.3) is 5.52 Å². The monoisotopic (exact) mass is 505 g/mol. The molecule has 4 aromatic rings. The molecule has 0 saturated carbocycles. The molecule has 7 nitrogen and oxygen atoms in total. The fourth-order valence-corrected chi connectivity index (χ4v) is 4.72. The molecular weight excluding hydrogens is 474 g/mol. The summed E-state index contributed by atoms with van der Waals surface area (Å²) < 4.78 is 3.06. The Morgan fingerprint density at radius 1 is 1.11 bits per heavy atom. The third kappa shape index (κ3) is 5.08. The van der Waals surface area contributed by atoms with E-state index in [1.54, 1.807) is 11.5 Å². The van der Waals surface area contributed by atoms with Gasteiger partial charge in [-0.25, -0.2) is 4.79 Å². The number of fused-ring (bicyclic) bond motifs is 1. The molecule has 2 heterocycles. The Kier molecular flexibility index (Phi) is 7.91. The smallest absolute Gasteiger partial charge is 0.330 e. The second kappa shape index (κ2) is 11.1. The van der Waals surface area contributed by atoms with E-state index in [0.717, 1.165) is 16.8 Å². The largest absolute Gasteiger partial charge is 0.349 e. The summed E-state index contributed by atoms with van der Waals surface area (Å²) in [6.07, 6.45) is 1.25. The first-order valence-corrected chi connectivity index (χ1v) is 12.6. The third-order valence-corrected chi connectivity index (χ3v) is 6.95. The first-order valence-electron chi connectivity index (χ1n) is 12.3. The highest BCUT2D eigenvalue weighted by molar-refractivity contribution is 6.34. The van der Waals surface area contributed by atoms with Crippen molar-refractivity contribution in [1.82, 2.24) is 19.1 Å². The van der Waals surface area contributed by atoms with E-state index in [4.69, 9.17) is 17.3 Å². The van der Waals surface area contributed by atoms with Crippen molar-refractivity contribution in [3.05, 3.63) is 104 Å². The number of aromatic nitrogens is 3. The van der Waals surface area contributed by atoms with Gasteiger partial charge < -0.3 is 10.6 Å². The molecule has 0 bridgehead atoms. The molecule has 1 amide bonds. The molecule has 0 aliphatic rings. The van der Waals surface area contributed by atoms with Crippen molar-refractivity contribution in [2.45, 2.75) is 46.2 Å². The maximum Gasteiger partial charge on any atom is 0.349 e. The van der Waals surface area contributed by atoms with Gasteiger partial charge in [-0.2, -0.15) is 9.61 Å². The van der Waals surface area contributed by atoms with Crippen molar-refractivity contribution in [2.24, 2.45) is 5.73 Å². The zero-order valence-corrected chi connectivity index (χ0v) is 21.7. The van der Waals surface area contributed by atoms with Gasteiger partial charge in [0.1, 0.15) is 0 Å². The summed E-state index contributed by atoms with van der Waals surface area (Å²) in [5.74, 6) is -0.0929. The van der Waals surface area contributed by atoms with E-state index >= 15 is 0 Å². The Balaban J connectivity index is 1.90. The van der Waals surface area contributed by atoms with Crippen LogP contribution in [0.5, 0.6) is 0 Å². The van der Waals surface area contributed by atoms with E-state index in [2.05, 4.69) is 5.10 Å². The van der Waals surface area contributed by atoms with Crippen LogP contribution in [0.1, 0.15) is 58.7 Å². The number of carbonyl (C=O) groups excluding carboxylic acids is 1. The van der Waals surface area contributed by atoms with Gasteiger partial charge in [0.05, 0.1) is 28.8 Å². The average molecular weight is 506 g/mol. The van der Waals surface area contributed by atoms with Crippen LogP contribution in [0.15, 0.2) is 65.5 Å². The Morgan fingerprint density at radius 2 is 1.81 bits per heavy atom. The lowest BCUT2D eigenvalue weighted by molar-refractivity contribution is 0.0660. The Hall–Kier alpha value is -3.42. The minimum Gasteiger partial charge on any atom is -0.330 e. The van der Waals surface area contributed by atoms with E-state index in [-0.39, 0.29) is 17.6 Å². The predicted octanol–water partition coefficient (Wildman–Crippen LogP) is 4.76. The van der Waals surface area contributed by atoms with E-state index in [1.165, 1.54) is 4.52 Å². The van der Waals surface area contributed by atoms with Crippen molar-refractivity contribution >= 4 is 23.0 Å². The number of carbonyl (C=O) groups is 1. The molecule has 0 radical (unpaired) electrons. The molecule has 0 aliphatic heterocycles. The van der Waals surface area contributed by atoms with Gasteiger partial charge >= 0.3 is 5.69 Å². The number of halogens is 1. The first-order chi connectivity index (χ1) is 17.3. The lowest BCUT2D eigenvalue weighted by atomic mass is 10.0. The topological polar surface area (TPSA) is 85.6 Å². The summed E-state index contributed by atoms with van der Waals surface area (Å²) >= 11 is 6.55. The van der Waals surface area contributed by atoms with Gasteiger partial charge in [-0.1, -0.05) is 66.6 Å². The quantitative estimate of drug-likeness (QED) is 0.355. The first kappa shape index (κ1) is 25.7. The fourth-order valence-electron chi connectivity index (χ4n) is 4.55. The molecule has 0 aliphatic carbocycles. The molecule has 0 spiro atoms. The van der Waals surface area contributed by atoms with E-state index < -0.39 is 0 Å². The normalized spacial score (nSPS) is 12.1. The number of nitrogens with zero attached hydrogens (tertiary/aromatic N) is 4. The Labute approximate surface area is 216 Å². The van der Waals surface area contributed by atoms with E-state index in [0.29, 0.717) is 54.3 Å². The molecular formula is C28H32ClN5O2. The second-order valence-corrected chi connectivity index (χ2v) is 9.43. The third-order valence-electron chi connectivity index (χ3n) is 6.48. The highest BCUT2D eigenvalue weighted by atomic mass is 35.5. The van der Waals surface area contributed by atoms with Crippen molar-refractivity contribution in [2.75, 3.05) is 13.1 Å². The summed E-state index contributed by atoms with van der Waals surface area (Å²) in [4.78, 5) is 29.3. The van der Waals surface area contributed by atoms with Gasteiger partial charge in [0.15, 0.2) is 0 Å². The molecule has 0 fully saturated rings. The Morgan fingerprint density at radius 3 is 2.44 bits per heavy atom. The van der Waals surface area contributed by atoms with Crippen LogP contribution in [0, 0.1) is 13.8 Å². The minimum atomic E-state index is -0.363. The van der Waals surface area contributed by atoms with Gasteiger partial charge in [0, 0.05) is 17.8 Å². The lowest BCUT2D eigenvalue weighted by Gasteiger charge is -2.33. The number of nitrogens with two attached hydrogens (primary N) is 1. The summed E-state index contributed by atoms with van der Waals surface area (Å²) in [7, 11) is 0. The molecule has 2 N–H and O–H groups in total. The van der Waals surface area contributed by atoms with Crippen LogP contribution in [0.3, 0.4) is 0 Å². The molecule has 2 aromatic carbocycles. The molecule has 2 aromatic heterocycles. The SMILES string of the molecule is CC[C@H](c1cc2c(Cl)c(C)nn2c(=O)n1Cc1ccccc1)N(CCCN)C(=O)c1ccc(C)cc1. The Bertz CT molecular complexity index is 1410. The van der Waals surface area contributed by atoms with Crippen molar-refractivity contribution in [3.8, 4) is 0 Å². The highest BCUT2D eigenvalue weighted by Crippen LogP contribution is 2.30. The average Bonchev–Trinajstić information content (AvgIpc) is 3.18. The summed E-state index contributed by atoms with van der Waals surface area (Å²) in [6.45, 7) is 7.07. The van der Waals surface area contributed by atoms with Gasteiger partial charge in [0.2, 0.25) is 0 Å². The number of hydrogen-bond acceptors (Lipinski definition) is 4. The number of rotatable bonds is 9. The maximum absolute atomic E-state index is 13.8. The standard InChI is InChI=1S/C28H32ClN5O2/c1-4-23(32(16-8-15-30)27(35)22-13-11-19(2)12-14-22)24-17-25-26(29)20(3)31-34(25)28(36)33(24)18-21-9-6-5-7-10-21/h5-7,9-14,17,23H,4,8,15-16,18,30H2,1-3H3/t23-/m1/s1. The molecule has 36 heavy (non-hydrogen) atoms. The van der Waals surface area contributed by atoms with Crippen LogP contribution in [-0.2, 0) is 6.54 Å². The van der Waals surface area contributed by atoms with Crippen LogP contribution in [-0.4, -0.2) is 38.1 Å². The minimum absolute atomic E-state index is 0.0929. The summed E-state index contributed by atoms with van der Waals surface area (Å²) in [5, 5.41) is 4.82. The van der Waals surface area contributed by atoms with Gasteiger partial charge in [-0.3, -0.25) is 9.36 Å². The van der Waals surface area contributed by atoms with E-state index in [1.807, 2.05) is 79.4 Å². The number of amides is 1. The van der Waals surface area contributed by atoms with Crippen molar-refractivity contribution in [1.29, 1.82) is 0 Å². The molecule has 188 valence electrons. The number of aryl methyl sites for hydroxylation is 2. The van der Waals surface area contributed by atoms with Gasteiger partial charge in [0.25, 0.3) is 5.91 Å². The van der Waals surface area contributed by atoms with Crippen LogP contribution in [0.2, 0.25) is 5.02 Å². The predicted molar refractivity (Wildman–Crippen MR) is 144 cm³/mol. The molecule has 1 atom stereocenters. The highest BCUT2D eigenvalue weighted by Gasteiger charge is 2.29. The van der Waals surface area contributed by atoms with Crippen LogP contribution < -0.4 is 11.4 Å². The van der Waals surface area contributed by atoms with E-state index in [9.17, 15) is 9.59 Å². The van der Waals surface area contributed by atoms with Gasteiger partial charge in [-0.15, -0.1) is 0 Å². The van der Waals surface area contributed by atoms with Crippen molar-refractivity contribution in [3.63, 3.8) is 0 Å². The van der Waals surface area contributed by atoms with Crippen LogP contribution >= 0.6 is 11.6 Å². The number of benzene rings is 2. The zero-order valence-electron chi connectivity index (χ0n) is 20.9. The summed E-state index contributed by atoms with van der Waals surface area (Å²) in [6, 6.07) is 18.9.